The zero-order valence-electron chi connectivity index (χ0n) is 14.9. The van der Waals surface area contributed by atoms with Crippen LogP contribution >= 0.6 is 11.6 Å². The predicted octanol–water partition coefficient (Wildman–Crippen LogP) is 2.75. The second-order valence-electron chi connectivity index (χ2n) is 6.71. The number of benzene rings is 1. The van der Waals surface area contributed by atoms with Crippen LogP contribution in [0.4, 0.5) is 0 Å². The fourth-order valence-electron chi connectivity index (χ4n) is 2.87. The first-order valence-corrected chi connectivity index (χ1v) is 8.77. The van der Waals surface area contributed by atoms with Crippen LogP contribution in [0.25, 0.3) is 0 Å². The van der Waals surface area contributed by atoms with Gasteiger partial charge in [0, 0.05) is 19.0 Å². The van der Waals surface area contributed by atoms with Gasteiger partial charge in [-0.3, -0.25) is 4.79 Å². The van der Waals surface area contributed by atoms with Crippen molar-refractivity contribution in [2.45, 2.75) is 32.7 Å². The maximum atomic E-state index is 12.3. The Hall–Kier alpha value is -1.46. The van der Waals surface area contributed by atoms with Crippen molar-refractivity contribution < 1.29 is 14.3 Å². The van der Waals surface area contributed by atoms with Gasteiger partial charge in [0.2, 0.25) is 5.91 Å². The molecule has 0 unspecified atom stereocenters. The zero-order chi connectivity index (χ0) is 17.7. The molecule has 0 fully saturated rings. The van der Waals surface area contributed by atoms with Crippen molar-refractivity contribution in [1.29, 1.82) is 0 Å². The maximum Gasteiger partial charge on any atom is 0.224 e. The van der Waals surface area contributed by atoms with Crippen LogP contribution in [0.3, 0.4) is 0 Å². The molecule has 1 amide bonds. The fraction of sp³-hybridized carbons (Fsp3) is 0.611. The van der Waals surface area contributed by atoms with E-state index in [1.807, 2.05) is 20.2 Å². The number of hydrogen-bond donors (Lipinski definition) is 1. The molecular weight excluding hydrogens is 328 g/mol. The van der Waals surface area contributed by atoms with Gasteiger partial charge in [0.25, 0.3) is 0 Å². The lowest BCUT2D eigenvalue weighted by Crippen LogP contribution is -2.43. The molecule has 1 aromatic rings. The minimum absolute atomic E-state index is 0.0203. The second kappa shape index (κ2) is 8.58. The Bertz CT molecular complexity index is 568. The Morgan fingerprint density at radius 2 is 2.00 bits per heavy atom. The van der Waals surface area contributed by atoms with Gasteiger partial charge in [-0.25, -0.2) is 0 Å². The van der Waals surface area contributed by atoms with Crippen molar-refractivity contribution in [2.75, 3.05) is 33.9 Å². The monoisotopic (exact) mass is 354 g/mol. The highest BCUT2D eigenvalue weighted by Crippen LogP contribution is 2.38. The van der Waals surface area contributed by atoms with Crippen molar-refractivity contribution in [2.24, 2.45) is 5.92 Å². The topological polar surface area (TPSA) is 50.8 Å². The van der Waals surface area contributed by atoms with Crippen LogP contribution in [0.15, 0.2) is 12.1 Å². The number of halogens is 1. The van der Waals surface area contributed by atoms with Gasteiger partial charge in [0.1, 0.15) is 0 Å². The Morgan fingerprint density at radius 3 is 2.67 bits per heavy atom. The molecule has 0 bridgehead atoms. The molecule has 2 rings (SSSR count). The molecule has 1 heterocycles. The van der Waals surface area contributed by atoms with Gasteiger partial charge in [0.15, 0.2) is 11.5 Å². The van der Waals surface area contributed by atoms with Crippen LogP contribution in [0.1, 0.15) is 25.8 Å². The number of nitrogens with one attached hydrogen (secondary N) is 1. The van der Waals surface area contributed by atoms with E-state index in [0.29, 0.717) is 48.2 Å². The largest absolute Gasteiger partial charge is 0.489 e. The number of carbonyl (C=O) groups is 1. The predicted molar refractivity (Wildman–Crippen MR) is 96.1 cm³/mol. The van der Waals surface area contributed by atoms with E-state index >= 15 is 0 Å². The average Bonchev–Trinajstić information content (AvgIpc) is 2.72. The van der Waals surface area contributed by atoms with E-state index in [2.05, 4.69) is 24.1 Å². The number of ether oxygens (including phenoxy) is 2. The van der Waals surface area contributed by atoms with Crippen LogP contribution in [-0.4, -0.2) is 50.7 Å². The highest BCUT2D eigenvalue weighted by Gasteiger charge is 2.19. The molecule has 0 spiro atoms. The third-order valence-electron chi connectivity index (χ3n) is 4.17. The first kappa shape index (κ1) is 18.9. The summed E-state index contributed by atoms with van der Waals surface area (Å²) < 4.78 is 11.3. The lowest BCUT2D eigenvalue weighted by molar-refractivity contribution is -0.120. The van der Waals surface area contributed by atoms with E-state index in [1.165, 1.54) is 0 Å². The third kappa shape index (κ3) is 5.02. The molecule has 1 aliphatic rings. The van der Waals surface area contributed by atoms with Crippen molar-refractivity contribution in [3.05, 3.63) is 22.7 Å². The Labute approximate surface area is 149 Å². The van der Waals surface area contributed by atoms with Crippen molar-refractivity contribution in [3.8, 4) is 11.5 Å². The van der Waals surface area contributed by atoms with E-state index in [4.69, 9.17) is 21.1 Å². The lowest BCUT2D eigenvalue weighted by Gasteiger charge is -2.28. The summed E-state index contributed by atoms with van der Waals surface area (Å²) >= 11 is 6.27. The van der Waals surface area contributed by atoms with Gasteiger partial charge < -0.3 is 19.7 Å². The first-order valence-electron chi connectivity index (χ1n) is 8.39. The summed E-state index contributed by atoms with van der Waals surface area (Å²) in [6.07, 6.45) is 1.09. The molecule has 1 N–H and O–H groups in total. The van der Waals surface area contributed by atoms with Crippen LogP contribution in [0, 0.1) is 5.92 Å². The summed E-state index contributed by atoms with van der Waals surface area (Å²) in [5.74, 6) is 1.64. The lowest BCUT2D eigenvalue weighted by atomic mass is 10.0. The standard InChI is InChI=1S/C18H27ClN2O3/c1-12(2)15(21(3)4)11-20-17(22)10-13-8-14(19)18-16(9-13)23-6-5-7-24-18/h8-9,12,15H,5-7,10-11H2,1-4H3,(H,20,22)/t15-/m0/s1. The van der Waals surface area contributed by atoms with Crippen molar-refractivity contribution in [3.63, 3.8) is 0 Å². The van der Waals surface area contributed by atoms with Gasteiger partial charge in [-0.1, -0.05) is 25.4 Å². The molecule has 1 aliphatic heterocycles. The zero-order valence-corrected chi connectivity index (χ0v) is 15.7. The van der Waals surface area contributed by atoms with Crippen LogP contribution in [0.2, 0.25) is 5.02 Å². The molecule has 1 atom stereocenters. The smallest absolute Gasteiger partial charge is 0.224 e. The van der Waals surface area contributed by atoms with E-state index in [1.54, 1.807) is 6.07 Å². The highest BCUT2D eigenvalue weighted by atomic mass is 35.5. The molecule has 0 saturated heterocycles. The molecule has 0 radical (unpaired) electrons. The molecular formula is C18H27ClN2O3. The minimum Gasteiger partial charge on any atom is -0.489 e. The number of nitrogens with zero attached hydrogens (tertiary/aromatic N) is 1. The molecule has 0 aliphatic carbocycles. The summed E-state index contributed by atoms with van der Waals surface area (Å²) in [4.78, 5) is 14.4. The second-order valence-corrected chi connectivity index (χ2v) is 7.12. The van der Waals surface area contributed by atoms with Crippen LogP contribution in [0.5, 0.6) is 11.5 Å². The molecule has 5 nitrogen and oxygen atoms in total. The van der Waals surface area contributed by atoms with Gasteiger partial charge in [-0.05, 0) is 37.7 Å². The van der Waals surface area contributed by atoms with E-state index in [0.717, 1.165) is 12.0 Å². The highest BCUT2D eigenvalue weighted by molar-refractivity contribution is 6.32. The number of hydrogen-bond acceptors (Lipinski definition) is 4. The molecule has 134 valence electrons. The number of carbonyl (C=O) groups excluding carboxylic acids is 1. The Kier molecular flexibility index (Phi) is 6.75. The van der Waals surface area contributed by atoms with Gasteiger partial charge in [-0.2, -0.15) is 0 Å². The van der Waals surface area contributed by atoms with Crippen LogP contribution < -0.4 is 14.8 Å². The number of likely N-dealkylation sites (N-methyl/N-ethyl adjacent to an activating group) is 1. The molecule has 6 heteroatoms. The van der Waals surface area contributed by atoms with Gasteiger partial charge in [0.05, 0.1) is 24.7 Å². The first-order chi connectivity index (χ1) is 11.4. The Morgan fingerprint density at radius 1 is 1.29 bits per heavy atom. The molecule has 24 heavy (non-hydrogen) atoms. The number of amides is 1. The van der Waals surface area contributed by atoms with Gasteiger partial charge in [-0.15, -0.1) is 0 Å². The molecule has 0 aromatic heterocycles. The van der Waals surface area contributed by atoms with E-state index in [9.17, 15) is 4.79 Å². The SMILES string of the molecule is CC(C)[C@H](CNC(=O)Cc1cc(Cl)c2c(c1)OCCCO2)N(C)C. The Balaban J connectivity index is 1.99. The third-order valence-corrected chi connectivity index (χ3v) is 4.45. The fourth-order valence-corrected chi connectivity index (χ4v) is 3.15. The molecule has 0 saturated carbocycles. The number of fused-ring (bicyclic) bond motifs is 1. The van der Waals surface area contributed by atoms with Crippen molar-refractivity contribution in [1.82, 2.24) is 10.2 Å². The van der Waals surface area contributed by atoms with Crippen molar-refractivity contribution >= 4 is 17.5 Å². The maximum absolute atomic E-state index is 12.3. The summed E-state index contributed by atoms with van der Waals surface area (Å²) in [5, 5.41) is 3.50. The summed E-state index contributed by atoms with van der Waals surface area (Å²) in [7, 11) is 4.06. The molecule has 1 aromatic carbocycles. The van der Waals surface area contributed by atoms with Gasteiger partial charge >= 0.3 is 0 Å². The summed E-state index contributed by atoms with van der Waals surface area (Å²) in [6, 6.07) is 3.93. The minimum atomic E-state index is -0.0203. The summed E-state index contributed by atoms with van der Waals surface area (Å²) in [6.45, 7) is 6.12. The summed E-state index contributed by atoms with van der Waals surface area (Å²) in [5.41, 5.74) is 0.827. The normalized spacial score (nSPS) is 15.3. The van der Waals surface area contributed by atoms with E-state index in [-0.39, 0.29) is 12.3 Å². The van der Waals surface area contributed by atoms with E-state index < -0.39 is 0 Å². The van der Waals surface area contributed by atoms with Crippen LogP contribution in [-0.2, 0) is 11.2 Å². The quantitative estimate of drug-likeness (QED) is 0.853. The number of rotatable bonds is 6. The average molecular weight is 355 g/mol.